The summed E-state index contributed by atoms with van der Waals surface area (Å²) in [7, 11) is 0. The smallest absolute Gasteiger partial charge is 0.252 e. The molecule has 2 aromatic rings. The highest BCUT2D eigenvalue weighted by Gasteiger charge is 2.10. The number of amides is 1. The Hall–Kier alpha value is -1.88. The Morgan fingerprint density at radius 3 is 2.74 bits per heavy atom. The largest absolute Gasteiger partial charge is 0.488 e. The molecule has 1 amide bonds. The van der Waals surface area contributed by atoms with Crippen LogP contribution in [0, 0.1) is 5.82 Å². The van der Waals surface area contributed by atoms with Crippen LogP contribution >= 0.6 is 15.9 Å². The van der Waals surface area contributed by atoms with Gasteiger partial charge in [0.05, 0.1) is 5.56 Å². The van der Waals surface area contributed by atoms with Crippen LogP contribution in [-0.4, -0.2) is 5.91 Å². The summed E-state index contributed by atoms with van der Waals surface area (Å²) < 4.78 is 19.8. The van der Waals surface area contributed by atoms with Crippen molar-refractivity contribution in [1.82, 2.24) is 0 Å². The molecule has 0 aliphatic carbocycles. The summed E-state index contributed by atoms with van der Waals surface area (Å²) in [4.78, 5) is 11.2. The topological polar surface area (TPSA) is 52.3 Å². The van der Waals surface area contributed by atoms with E-state index >= 15 is 0 Å². The van der Waals surface area contributed by atoms with Crippen molar-refractivity contribution in [2.24, 2.45) is 5.73 Å². The van der Waals surface area contributed by atoms with Gasteiger partial charge in [-0.1, -0.05) is 28.1 Å². The lowest BCUT2D eigenvalue weighted by Gasteiger charge is -2.10. The standard InChI is InChI=1S/C14H11BrFNO2/c15-10-5-6-12(16)9(7-10)8-19-13-4-2-1-3-11(13)14(17)18/h1-7H,8H2,(H2,17,18). The maximum absolute atomic E-state index is 13.5. The van der Waals surface area contributed by atoms with Crippen molar-refractivity contribution < 1.29 is 13.9 Å². The van der Waals surface area contributed by atoms with Crippen LogP contribution in [0.4, 0.5) is 4.39 Å². The molecule has 2 N–H and O–H groups in total. The van der Waals surface area contributed by atoms with Gasteiger partial charge in [-0.05, 0) is 30.3 Å². The van der Waals surface area contributed by atoms with Crippen LogP contribution in [-0.2, 0) is 6.61 Å². The Balaban J connectivity index is 2.19. The van der Waals surface area contributed by atoms with Crippen molar-refractivity contribution in [3.8, 4) is 5.75 Å². The molecule has 0 spiro atoms. The predicted molar refractivity (Wildman–Crippen MR) is 73.4 cm³/mol. The lowest BCUT2D eigenvalue weighted by molar-refractivity contribution is 0.0996. The van der Waals surface area contributed by atoms with E-state index in [4.69, 9.17) is 10.5 Å². The van der Waals surface area contributed by atoms with E-state index in [1.807, 2.05) is 0 Å². The first-order chi connectivity index (χ1) is 9.08. The zero-order valence-corrected chi connectivity index (χ0v) is 11.5. The molecule has 5 heteroatoms. The van der Waals surface area contributed by atoms with Gasteiger partial charge in [-0.3, -0.25) is 4.79 Å². The molecule has 19 heavy (non-hydrogen) atoms. The minimum absolute atomic E-state index is 0.0234. The highest BCUT2D eigenvalue weighted by Crippen LogP contribution is 2.21. The third kappa shape index (κ3) is 3.32. The van der Waals surface area contributed by atoms with Crippen LogP contribution in [0.1, 0.15) is 15.9 Å². The molecule has 0 bridgehead atoms. The number of halogens is 2. The molecule has 0 saturated heterocycles. The summed E-state index contributed by atoms with van der Waals surface area (Å²) in [6.45, 7) is 0.0234. The molecular weight excluding hydrogens is 313 g/mol. The van der Waals surface area contributed by atoms with E-state index in [1.165, 1.54) is 6.07 Å². The number of para-hydroxylation sites is 1. The van der Waals surface area contributed by atoms with Crippen molar-refractivity contribution in [3.63, 3.8) is 0 Å². The van der Waals surface area contributed by atoms with E-state index in [0.717, 1.165) is 4.47 Å². The van der Waals surface area contributed by atoms with Crippen LogP contribution in [0.3, 0.4) is 0 Å². The van der Waals surface area contributed by atoms with Gasteiger partial charge in [0, 0.05) is 10.0 Å². The number of nitrogens with two attached hydrogens (primary N) is 1. The van der Waals surface area contributed by atoms with Crippen LogP contribution in [0.2, 0.25) is 0 Å². The van der Waals surface area contributed by atoms with Crippen molar-refractivity contribution in [2.75, 3.05) is 0 Å². The molecule has 0 atom stereocenters. The Kier molecular flexibility index (Phi) is 4.16. The maximum Gasteiger partial charge on any atom is 0.252 e. The molecule has 0 heterocycles. The zero-order chi connectivity index (χ0) is 13.8. The third-order valence-corrected chi connectivity index (χ3v) is 3.04. The highest BCUT2D eigenvalue weighted by atomic mass is 79.9. The summed E-state index contributed by atoms with van der Waals surface area (Å²) in [6.07, 6.45) is 0. The van der Waals surface area contributed by atoms with E-state index in [2.05, 4.69) is 15.9 Å². The monoisotopic (exact) mass is 323 g/mol. The number of hydrogen-bond donors (Lipinski definition) is 1. The normalized spacial score (nSPS) is 10.2. The maximum atomic E-state index is 13.5. The van der Waals surface area contributed by atoms with Crippen LogP contribution < -0.4 is 10.5 Å². The molecule has 0 aliphatic rings. The highest BCUT2D eigenvalue weighted by molar-refractivity contribution is 9.10. The van der Waals surface area contributed by atoms with Gasteiger partial charge in [-0.25, -0.2) is 4.39 Å². The summed E-state index contributed by atoms with van der Waals surface area (Å²) in [5.41, 5.74) is 5.91. The number of carbonyl (C=O) groups excluding carboxylic acids is 1. The van der Waals surface area contributed by atoms with Crippen molar-refractivity contribution in [2.45, 2.75) is 6.61 Å². The van der Waals surface area contributed by atoms with Crippen LogP contribution in [0.5, 0.6) is 5.75 Å². The quantitative estimate of drug-likeness (QED) is 0.938. The van der Waals surface area contributed by atoms with Gasteiger partial charge in [0.1, 0.15) is 18.2 Å². The summed E-state index contributed by atoms with van der Waals surface area (Å²) >= 11 is 3.26. The molecule has 0 aliphatic heterocycles. The Labute approximate surface area is 118 Å². The first-order valence-corrected chi connectivity index (χ1v) is 6.33. The van der Waals surface area contributed by atoms with Gasteiger partial charge in [0.15, 0.2) is 0 Å². The Morgan fingerprint density at radius 1 is 1.26 bits per heavy atom. The van der Waals surface area contributed by atoms with Gasteiger partial charge in [0.2, 0.25) is 0 Å². The van der Waals surface area contributed by atoms with Gasteiger partial charge in [-0.15, -0.1) is 0 Å². The SMILES string of the molecule is NC(=O)c1ccccc1OCc1cc(Br)ccc1F. The van der Waals surface area contributed by atoms with Crippen LogP contribution in [0.15, 0.2) is 46.9 Å². The Bertz CT molecular complexity index is 616. The molecular formula is C14H11BrFNO2. The zero-order valence-electron chi connectivity index (χ0n) is 9.90. The fourth-order valence-electron chi connectivity index (χ4n) is 1.61. The van der Waals surface area contributed by atoms with Gasteiger partial charge in [0.25, 0.3) is 5.91 Å². The molecule has 98 valence electrons. The molecule has 2 rings (SSSR count). The fraction of sp³-hybridized carbons (Fsp3) is 0.0714. The van der Waals surface area contributed by atoms with E-state index in [9.17, 15) is 9.18 Å². The summed E-state index contributed by atoms with van der Waals surface area (Å²) in [5, 5.41) is 0. The van der Waals surface area contributed by atoms with Gasteiger partial charge < -0.3 is 10.5 Å². The van der Waals surface area contributed by atoms with Crippen LogP contribution in [0.25, 0.3) is 0 Å². The lowest BCUT2D eigenvalue weighted by atomic mass is 10.2. The number of hydrogen-bond acceptors (Lipinski definition) is 2. The molecule has 0 unspecified atom stereocenters. The second kappa shape index (κ2) is 5.84. The summed E-state index contributed by atoms with van der Waals surface area (Å²) in [6, 6.07) is 11.2. The van der Waals surface area contributed by atoms with Gasteiger partial charge >= 0.3 is 0 Å². The number of rotatable bonds is 4. The minimum atomic E-state index is -0.578. The molecule has 3 nitrogen and oxygen atoms in total. The van der Waals surface area contributed by atoms with E-state index in [0.29, 0.717) is 11.3 Å². The van der Waals surface area contributed by atoms with Crippen molar-refractivity contribution >= 4 is 21.8 Å². The Morgan fingerprint density at radius 2 is 2.00 bits per heavy atom. The van der Waals surface area contributed by atoms with E-state index < -0.39 is 5.91 Å². The predicted octanol–water partition coefficient (Wildman–Crippen LogP) is 3.27. The first kappa shape index (κ1) is 13.5. The molecule has 0 fully saturated rings. The van der Waals surface area contributed by atoms with Crippen molar-refractivity contribution in [3.05, 3.63) is 63.9 Å². The molecule has 0 radical (unpaired) electrons. The summed E-state index contributed by atoms with van der Waals surface area (Å²) in [5.74, 6) is -0.598. The molecule has 2 aromatic carbocycles. The average molecular weight is 324 g/mol. The van der Waals surface area contributed by atoms with Gasteiger partial charge in [-0.2, -0.15) is 0 Å². The lowest BCUT2D eigenvalue weighted by Crippen LogP contribution is -2.13. The van der Waals surface area contributed by atoms with Crippen molar-refractivity contribution in [1.29, 1.82) is 0 Å². The second-order valence-corrected chi connectivity index (χ2v) is 4.80. The average Bonchev–Trinajstić information content (AvgIpc) is 2.40. The number of primary amides is 1. The van der Waals surface area contributed by atoms with E-state index in [-0.39, 0.29) is 18.0 Å². The first-order valence-electron chi connectivity index (χ1n) is 5.53. The second-order valence-electron chi connectivity index (χ2n) is 3.88. The molecule has 0 aromatic heterocycles. The number of ether oxygens (including phenoxy) is 1. The third-order valence-electron chi connectivity index (χ3n) is 2.54. The number of benzene rings is 2. The fourth-order valence-corrected chi connectivity index (χ4v) is 2.01. The minimum Gasteiger partial charge on any atom is -0.488 e. The van der Waals surface area contributed by atoms with E-state index in [1.54, 1.807) is 36.4 Å². The molecule has 0 saturated carbocycles. The number of carbonyl (C=O) groups is 1.